The van der Waals surface area contributed by atoms with Crippen molar-refractivity contribution in [2.45, 2.75) is 20.0 Å². The van der Waals surface area contributed by atoms with Gasteiger partial charge in [0.05, 0.1) is 17.6 Å². The zero-order valence-electron chi connectivity index (χ0n) is 10.4. The Hall–Kier alpha value is -1.72. The molecule has 0 spiro atoms. The van der Waals surface area contributed by atoms with Crippen LogP contribution in [0.5, 0.6) is 0 Å². The number of nitro groups is 1. The lowest BCUT2D eigenvalue weighted by atomic mass is 9.95. The van der Waals surface area contributed by atoms with E-state index in [1.54, 1.807) is 25.1 Å². The van der Waals surface area contributed by atoms with E-state index in [-0.39, 0.29) is 18.2 Å². The van der Waals surface area contributed by atoms with Crippen molar-refractivity contribution in [3.8, 4) is 0 Å². The van der Waals surface area contributed by atoms with Crippen LogP contribution in [0.4, 0.5) is 5.69 Å². The summed E-state index contributed by atoms with van der Waals surface area (Å²) in [6.07, 6.45) is 1.04. The molecule has 1 rings (SSSR count). The number of nitro benzene ring substituents is 1. The van der Waals surface area contributed by atoms with Crippen LogP contribution in [-0.4, -0.2) is 21.7 Å². The molecule has 0 aliphatic rings. The first kappa shape index (κ1) is 14.3. The fourth-order valence-corrected chi connectivity index (χ4v) is 1.69. The van der Waals surface area contributed by atoms with Gasteiger partial charge >= 0.3 is 0 Å². The maximum Gasteiger partial charge on any atom is 0.269 e. The molecule has 0 bridgehead atoms. The molecule has 0 aliphatic carbocycles. The van der Waals surface area contributed by atoms with Crippen molar-refractivity contribution < 1.29 is 15.1 Å². The molecular weight excluding hydrogens is 234 g/mol. The fourth-order valence-electron chi connectivity index (χ4n) is 1.69. The highest BCUT2D eigenvalue weighted by molar-refractivity contribution is 5.34. The Balaban J connectivity index is 2.84. The molecule has 2 N–H and O–H groups in total. The van der Waals surface area contributed by atoms with E-state index < -0.39 is 11.0 Å². The molecule has 1 aromatic rings. The molecule has 5 heteroatoms. The van der Waals surface area contributed by atoms with Crippen LogP contribution in [0.1, 0.15) is 25.5 Å². The van der Waals surface area contributed by atoms with Crippen LogP contribution in [0.25, 0.3) is 0 Å². The molecule has 0 heterocycles. The number of aliphatic hydroxyl groups is 2. The largest absolute Gasteiger partial charge is 0.392 e. The molecule has 98 valence electrons. The maximum absolute atomic E-state index is 10.5. The third kappa shape index (κ3) is 3.65. The van der Waals surface area contributed by atoms with Gasteiger partial charge in [-0.25, -0.2) is 0 Å². The Morgan fingerprint density at radius 3 is 2.44 bits per heavy atom. The third-order valence-electron chi connectivity index (χ3n) is 2.74. The molecule has 0 amide bonds. The molecule has 0 unspecified atom stereocenters. The molecule has 0 aromatic heterocycles. The molecule has 0 radical (unpaired) electrons. The predicted octanol–water partition coefficient (Wildman–Crippen LogP) is 2.20. The van der Waals surface area contributed by atoms with Gasteiger partial charge in [-0.1, -0.05) is 18.6 Å². The second kappa shape index (κ2) is 6.28. The van der Waals surface area contributed by atoms with Crippen molar-refractivity contribution >= 4 is 5.69 Å². The van der Waals surface area contributed by atoms with Gasteiger partial charge in [0.25, 0.3) is 5.69 Å². The first-order valence-corrected chi connectivity index (χ1v) is 5.66. The summed E-state index contributed by atoms with van der Waals surface area (Å²) in [7, 11) is 0. The highest BCUT2D eigenvalue weighted by atomic mass is 16.6. The van der Waals surface area contributed by atoms with Crippen molar-refractivity contribution in [1.82, 2.24) is 0 Å². The third-order valence-corrected chi connectivity index (χ3v) is 2.74. The van der Waals surface area contributed by atoms with Gasteiger partial charge in [-0.15, -0.1) is 0 Å². The fraction of sp³-hybridized carbons (Fsp3) is 0.385. The number of non-ortho nitro benzene ring substituents is 1. The zero-order valence-corrected chi connectivity index (χ0v) is 10.4. The van der Waals surface area contributed by atoms with Gasteiger partial charge in [0.1, 0.15) is 0 Å². The summed E-state index contributed by atoms with van der Waals surface area (Å²) in [6.45, 7) is 3.56. The number of aliphatic hydroxyl groups excluding tert-OH is 2. The van der Waals surface area contributed by atoms with Gasteiger partial charge in [-0.3, -0.25) is 10.1 Å². The first-order valence-electron chi connectivity index (χ1n) is 5.66. The second-order valence-corrected chi connectivity index (χ2v) is 4.32. The standard InChI is InChI=1S/C13H17NO4/c1-9(8-15)7-10(2)13(16)11-3-5-12(6-4-11)14(17)18/h3-7,10,13,15-16H,8H2,1-2H3/b9-7+/t10-,13-/m1/s1. The minimum Gasteiger partial charge on any atom is -0.392 e. The molecule has 18 heavy (non-hydrogen) atoms. The average molecular weight is 251 g/mol. The van der Waals surface area contributed by atoms with E-state index in [4.69, 9.17) is 5.11 Å². The van der Waals surface area contributed by atoms with E-state index in [9.17, 15) is 15.2 Å². The van der Waals surface area contributed by atoms with Crippen molar-refractivity contribution in [2.75, 3.05) is 6.61 Å². The lowest BCUT2D eigenvalue weighted by molar-refractivity contribution is -0.384. The summed E-state index contributed by atoms with van der Waals surface area (Å²) in [5.41, 5.74) is 1.40. The predicted molar refractivity (Wildman–Crippen MR) is 68.1 cm³/mol. The highest BCUT2D eigenvalue weighted by Crippen LogP contribution is 2.25. The molecule has 0 aliphatic heterocycles. The second-order valence-electron chi connectivity index (χ2n) is 4.32. The Labute approximate surface area is 106 Å². The van der Waals surface area contributed by atoms with Gasteiger partial charge in [0.15, 0.2) is 0 Å². The first-order chi connectivity index (χ1) is 8.45. The Kier molecular flexibility index (Phi) is 5.00. The number of rotatable bonds is 5. The summed E-state index contributed by atoms with van der Waals surface area (Å²) >= 11 is 0. The molecular formula is C13H17NO4. The average Bonchev–Trinajstić information content (AvgIpc) is 2.37. The van der Waals surface area contributed by atoms with Crippen LogP contribution in [0, 0.1) is 16.0 Å². The summed E-state index contributed by atoms with van der Waals surface area (Å²) in [4.78, 5) is 10.0. The molecule has 0 saturated carbocycles. The smallest absolute Gasteiger partial charge is 0.269 e. The van der Waals surface area contributed by atoms with Gasteiger partial charge in [0, 0.05) is 18.1 Å². The monoisotopic (exact) mass is 251 g/mol. The van der Waals surface area contributed by atoms with Crippen molar-refractivity contribution in [3.63, 3.8) is 0 Å². The summed E-state index contributed by atoms with van der Waals surface area (Å²) < 4.78 is 0. The molecule has 0 fully saturated rings. The van der Waals surface area contributed by atoms with Crippen LogP contribution in [0.15, 0.2) is 35.9 Å². The summed E-state index contributed by atoms with van der Waals surface area (Å²) in [6, 6.07) is 5.82. The maximum atomic E-state index is 10.5. The highest BCUT2D eigenvalue weighted by Gasteiger charge is 2.15. The number of hydrogen-bond acceptors (Lipinski definition) is 4. The van der Waals surface area contributed by atoms with E-state index in [0.717, 1.165) is 5.57 Å². The topological polar surface area (TPSA) is 83.6 Å². The Bertz CT molecular complexity index is 439. The van der Waals surface area contributed by atoms with Crippen molar-refractivity contribution in [3.05, 3.63) is 51.6 Å². The lowest BCUT2D eigenvalue weighted by Crippen LogP contribution is -2.08. The van der Waals surface area contributed by atoms with Crippen LogP contribution >= 0.6 is 0 Å². The number of hydrogen-bond donors (Lipinski definition) is 2. The molecule has 1 aromatic carbocycles. The van der Waals surface area contributed by atoms with Crippen molar-refractivity contribution in [2.24, 2.45) is 5.92 Å². The summed E-state index contributed by atoms with van der Waals surface area (Å²) in [5, 5.41) is 29.5. The number of nitrogens with zero attached hydrogens (tertiary/aromatic N) is 1. The Morgan fingerprint density at radius 2 is 2.00 bits per heavy atom. The minimum atomic E-state index is -0.743. The van der Waals surface area contributed by atoms with Crippen LogP contribution in [0.2, 0.25) is 0 Å². The van der Waals surface area contributed by atoms with Crippen LogP contribution < -0.4 is 0 Å². The van der Waals surface area contributed by atoms with E-state index in [0.29, 0.717) is 5.56 Å². The van der Waals surface area contributed by atoms with Crippen molar-refractivity contribution in [1.29, 1.82) is 0 Å². The van der Waals surface area contributed by atoms with Gasteiger partial charge in [-0.2, -0.15) is 0 Å². The SMILES string of the molecule is C/C(=C\[C@@H](C)[C@@H](O)c1ccc([N+](=O)[O-])cc1)CO. The van der Waals surface area contributed by atoms with Gasteiger partial charge in [0.2, 0.25) is 0 Å². The van der Waals surface area contributed by atoms with Crippen LogP contribution in [0.3, 0.4) is 0 Å². The van der Waals surface area contributed by atoms with E-state index in [1.807, 2.05) is 6.92 Å². The summed E-state index contributed by atoms with van der Waals surface area (Å²) in [5.74, 6) is -0.168. The normalized spacial score (nSPS) is 15.2. The zero-order chi connectivity index (χ0) is 13.7. The van der Waals surface area contributed by atoms with Gasteiger partial charge < -0.3 is 10.2 Å². The van der Waals surface area contributed by atoms with E-state index >= 15 is 0 Å². The quantitative estimate of drug-likeness (QED) is 0.477. The number of benzene rings is 1. The molecule has 5 nitrogen and oxygen atoms in total. The van der Waals surface area contributed by atoms with Crippen LogP contribution in [-0.2, 0) is 0 Å². The van der Waals surface area contributed by atoms with E-state index in [2.05, 4.69) is 0 Å². The Morgan fingerprint density at radius 1 is 1.44 bits per heavy atom. The molecule has 2 atom stereocenters. The lowest BCUT2D eigenvalue weighted by Gasteiger charge is -2.16. The van der Waals surface area contributed by atoms with Gasteiger partial charge in [-0.05, 0) is 24.6 Å². The van der Waals surface area contributed by atoms with E-state index in [1.165, 1.54) is 12.1 Å². The molecule has 0 saturated heterocycles. The minimum absolute atomic E-state index is 0.000633.